The van der Waals surface area contributed by atoms with Gasteiger partial charge in [-0.3, -0.25) is 0 Å². The lowest BCUT2D eigenvalue weighted by Gasteiger charge is -2.21. The summed E-state index contributed by atoms with van der Waals surface area (Å²) >= 11 is 14.4. The minimum Gasteiger partial charge on any atom is -0.306 e. The standard InChI is InChI=1S/C16H19Cl2NS/c1-3-9-19-15(16-11(4-2)8-10-20-16)12-6-5-7-13(17)14(12)18/h5-8,10,15,19H,3-4,9H2,1-2H3. The molecule has 0 aliphatic carbocycles. The first-order valence-corrected chi connectivity index (χ1v) is 8.56. The monoisotopic (exact) mass is 327 g/mol. The van der Waals surface area contributed by atoms with Crippen LogP contribution in [0.15, 0.2) is 29.6 Å². The maximum absolute atomic E-state index is 6.41. The predicted molar refractivity (Wildman–Crippen MR) is 90.3 cm³/mol. The molecule has 108 valence electrons. The van der Waals surface area contributed by atoms with Crippen LogP contribution in [0.2, 0.25) is 10.0 Å². The van der Waals surface area contributed by atoms with Crippen molar-refractivity contribution < 1.29 is 0 Å². The molecule has 1 aromatic heterocycles. The smallest absolute Gasteiger partial charge is 0.0688 e. The minimum atomic E-state index is 0.121. The Kier molecular flexibility index (Phi) is 5.91. The van der Waals surface area contributed by atoms with Crippen molar-refractivity contribution >= 4 is 34.5 Å². The van der Waals surface area contributed by atoms with E-state index in [9.17, 15) is 0 Å². The number of rotatable bonds is 6. The van der Waals surface area contributed by atoms with Gasteiger partial charge in [-0.05, 0) is 48.0 Å². The van der Waals surface area contributed by atoms with E-state index in [1.54, 1.807) is 11.3 Å². The fourth-order valence-electron chi connectivity index (χ4n) is 2.27. The van der Waals surface area contributed by atoms with Gasteiger partial charge in [0, 0.05) is 4.88 Å². The molecule has 1 atom stereocenters. The number of hydrogen-bond acceptors (Lipinski definition) is 2. The van der Waals surface area contributed by atoms with E-state index in [-0.39, 0.29) is 6.04 Å². The molecule has 1 aromatic carbocycles. The van der Waals surface area contributed by atoms with E-state index in [0.717, 1.165) is 24.9 Å². The zero-order chi connectivity index (χ0) is 14.5. The second-order valence-corrected chi connectivity index (χ2v) is 6.43. The highest BCUT2D eigenvalue weighted by molar-refractivity contribution is 7.10. The molecule has 0 saturated heterocycles. The predicted octanol–water partition coefficient (Wildman–Crippen LogP) is 5.71. The largest absolute Gasteiger partial charge is 0.306 e. The second kappa shape index (κ2) is 7.46. The summed E-state index contributed by atoms with van der Waals surface area (Å²) in [7, 11) is 0. The van der Waals surface area contributed by atoms with Crippen molar-refractivity contribution in [2.24, 2.45) is 0 Å². The molecule has 0 radical (unpaired) electrons. The summed E-state index contributed by atoms with van der Waals surface area (Å²) in [4.78, 5) is 1.34. The van der Waals surface area contributed by atoms with Crippen molar-refractivity contribution in [3.8, 4) is 0 Å². The molecular formula is C16H19Cl2NS. The zero-order valence-electron chi connectivity index (χ0n) is 11.7. The first kappa shape index (κ1) is 15.8. The molecule has 1 heterocycles. The lowest BCUT2D eigenvalue weighted by atomic mass is 10.0. The Hall–Kier alpha value is -0.540. The third-order valence-corrected chi connectivity index (χ3v) is 5.17. The average molecular weight is 328 g/mol. The van der Waals surface area contributed by atoms with Crippen molar-refractivity contribution in [1.29, 1.82) is 0 Å². The highest BCUT2D eigenvalue weighted by Crippen LogP contribution is 2.36. The molecule has 0 saturated carbocycles. The van der Waals surface area contributed by atoms with Gasteiger partial charge in [0.1, 0.15) is 0 Å². The topological polar surface area (TPSA) is 12.0 Å². The maximum Gasteiger partial charge on any atom is 0.0688 e. The van der Waals surface area contributed by atoms with Gasteiger partial charge in [-0.25, -0.2) is 0 Å². The van der Waals surface area contributed by atoms with Crippen LogP contribution in [-0.4, -0.2) is 6.54 Å². The molecule has 1 nitrogen and oxygen atoms in total. The second-order valence-electron chi connectivity index (χ2n) is 4.69. The zero-order valence-corrected chi connectivity index (χ0v) is 14.1. The highest BCUT2D eigenvalue weighted by Gasteiger charge is 2.21. The van der Waals surface area contributed by atoms with Gasteiger partial charge < -0.3 is 5.32 Å². The average Bonchev–Trinajstić information content (AvgIpc) is 2.92. The van der Waals surface area contributed by atoms with Crippen LogP contribution in [0.1, 0.15) is 42.3 Å². The van der Waals surface area contributed by atoms with E-state index in [0.29, 0.717) is 10.0 Å². The number of benzene rings is 1. The molecule has 0 bridgehead atoms. The Morgan fingerprint density at radius 3 is 2.70 bits per heavy atom. The maximum atomic E-state index is 6.41. The van der Waals surface area contributed by atoms with Crippen LogP contribution in [0.4, 0.5) is 0 Å². The lowest BCUT2D eigenvalue weighted by molar-refractivity contribution is 0.603. The van der Waals surface area contributed by atoms with Gasteiger partial charge in [-0.15, -0.1) is 11.3 Å². The van der Waals surface area contributed by atoms with E-state index in [2.05, 4.69) is 36.7 Å². The summed E-state index contributed by atoms with van der Waals surface area (Å²) in [6.07, 6.45) is 2.11. The van der Waals surface area contributed by atoms with E-state index in [1.165, 1.54) is 10.4 Å². The molecule has 1 N–H and O–H groups in total. The first-order valence-electron chi connectivity index (χ1n) is 6.92. The van der Waals surface area contributed by atoms with E-state index in [1.807, 2.05) is 12.1 Å². The van der Waals surface area contributed by atoms with Crippen molar-refractivity contribution in [2.45, 2.75) is 32.7 Å². The summed E-state index contributed by atoms with van der Waals surface area (Å²) < 4.78 is 0. The van der Waals surface area contributed by atoms with Crippen LogP contribution in [0.5, 0.6) is 0 Å². The molecule has 20 heavy (non-hydrogen) atoms. The Morgan fingerprint density at radius 1 is 1.20 bits per heavy atom. The number of halogens is 2. The molecular weight excluding hydrogens is 309 g/mol. The first-order chi connectivity index (χ1) is 9.69. The third-order valence-electron chi connectivity index (χ3n) is 3.31. The van der Waals surface area contributed by atoms with Crippen molar-refractivity contribution in [3.05, 3.63) is 55.7 Å². The van der Waals surface area contributed by atoms with Gasteiger partial charge >= 0.3 is 0 Å². The van der Waals surface area contributed by atoms with Crippen LogP contribution < -0.4 is 5.32 Å². The van der Waals surface area contributed by atoms with Gasteiger partial charge in [0.05, 0.1) is 16.1 Å². The lowest BCUT2D eigenvalue weighted by Crippen LogP contribution is -2.23. The normalized spacial score (nSPS) is 12.6. The quantitative estimate of drug-likeness (QED) is 0.716. The van der Waals surface area contributed by atoms with Gasteiger partial charge in [-0.2, -0.15) is 0 Å². The Labute approximate surface area is 134 Å². The van der Waals surface area contributed by atoms with Gasteiger partial charge in [0.2, 0.25) is 0 Å². The minimum absolute atomic E-state index is 0.121. The Balaban J connectivity index is 2.44. The summed E-state index contributed by atoms with van der Waals surface area (Å²) in [5.41, 5.74) is 2.43. The Bertz CT molecular complexity index is 565. The number of nitrogens with one attached hydrogen (secondary N) is 1. The molecule has 0 amide bonds. The van der Waals surface area contributed by atoms with Crippen LogP contribution in [0.3, 0.4) is 0 Å². The molecule has 0 spiro atoms. The molecule has 0 aliphatic rings. The fourth-order valence-corrected chi connectivity index (χ4v) is 3.77. The number of aryl methyl sites for hydroxylation is 1. The van der Waals surface area contributed by atoms with Crippen LogP contribution >= 0.6 is 34.5 Å². The molecule has 0 aliphatic heterocycles. The molecule has 4 heteroatoms. The van der Waals surface area contributed by atoms with Crippen LogP contribution in [0.25, 0.3) is 0 Å². The van der Waals surface area contributed by atoms with Crippen molar-refractivity contribution in [3.63, 3.8) is 0 Å². The summed E-state index contributed by atoms with van der Waals surface area (Å²) in [6.45, 7) is 5.30. The summed E-state index contributed by atoms with van der Waals surface area (Å²) in [5, 5.41) is 7.01. The molecule has 1 unspecified atom stereocenters. The van der Waals surface area contributed by atoms with Gasteiger partial charge in [0.15, 0.2) is 0 Å². The van der Waals surface area contributed by atoms with Crippen LogP contribution in [0, 0.1) is 0 Å². The molecule has 2 aromatic rings. The van der Waals surface area contributed by atoms with E-state index >= 15 is 0 Å². The van der Waals surface area contributed by atoms with Crippen molar-refractivity contribution in [1.82, 2.24) is 5.32 Å². The SMILES string of the molecule is CCCNC(c1cccc(Cl)c1Cl)c1sccc1CC. The third kappa shape index (κ3) is 3.37. The number of hydrogen-bond donors (Lipinski definition) is 1. The fraction of sp³-hybridized carbons (Fsp3) is 0.375. The molecule has 0 fully saturated rings. The number of thiophene rings is 1. The van der Waals surface area contributed by atoms with Gasteiger partial charge in [-0.1, -0.05) is 49.2 Å². The van der Waals surface area contributed by atoms with Crippen LogP contribution in [-0.2, 0) is 6.42 Å². The van der Waals surface area contributed by atoms with Crippen molar-refractivity contribution in [2.75, 3.05) is 6.54 Å². The summed E-state index contributed by atoms with van der Waals surface area (Å²) in [6, 6.07) is 8.17. The highest BCUT2D eigenvalue weighted by atomic mass is 35.5. The van der Waals surface area contributed by atoms with E-state index < -0.39 is 0 Å². The molecule has 2 rings (SSSR count). The summed E-state index contributed by atoms with van der Waals surface area (Å²) in [5.74, 6) is 0. The van der Waals surface area contributed by atoms with E-state index in [4.69, 9.17) is 23.2 Å². The van der Waals surface area contributed by atoms with Gasteiger partial charge in [0.25, 0.3) is 0 Å². The Morgan fingerprint density at radius 2 is 2.00 bits per heavy atom.